The molecule has 128 valence electrons. The van der Waals surface area contributed by atoms with Crippen LogP contribution >= 0.6 is 0 Å². The molecule has 1 aliphatic rings. The molecule has 5 nitrogen and oxygen atoms in total. The number of pyridine rings is 1. The number of hydrogen-bond donors (Lipinski definition) is 0. The molecule has 0 saturated carbocycles. The second-order valence-electron chi connectivity index (χ2n) is 6.46. The van der Waals surface area contributed by atoms with E-state index in [1.54, 1.807) is 18.7 Å². The van der Waals surface area contributed by atoms with Crippen molar-refractivity contribution in [2.75, 3.05) is 18.0 Å². The van der Waals surface area contributed by atoms with Crippen molar-refractivity contribution in [2.24, 2.45) is 0 Å². The lowest BCUT2D eigenvalue weighted by Crippen LogP contribution is -2.26. The van der Waals surface area contributed by atoms with Crippen LogP contribution in [0.3, 0.4) is 0 Å². The van der Waals surface area contributed by atoms with Crippen LogP contribution in [0.15, 0.2) is 47.5 Å². The second kappa shape index (κ2) is 7.05. The summed E-state index contributed by atoms with van der Waals surface area (Å²) >= 11 is 0. The molecule has 0 radical (unpaired) electrons. The molecule has 0 spiro atoms. The van der Waals surface area contributed by atoms with E-state index in [2.05, 4.69) is 14.9 Å². The predicted molar refractivity (Wildman–Crippen MR) is 98.4 cm³/mol. The summed E-state index contributed by atoms with van der Waals surface area (Å²) in [5.41, 5.74) is 4.01. The number of nitrogens with zero attached hydrogens (tertiary/aromatic N) is 4. The molecule has 0 N–H and O–H groups in total. The van der Waals surface area contributed by atoms with E-state index in [9.17, 15) is 0 Å². The Morgan fingerprint density at radius 1 is 0.960 bits per heavy atom. The van der Waals surface area contributed by atoms with Gasteiger partial charge in [-0.2, -0.15) is 0 Å². The number of anilines is 1. The van der Waals surface area contributed by atoms with Crippen molar-refractivity contribution in [3.8, 4) is 22.4 Å². The standard InChI is InChI=1S/C20H22N4O/c1-15-17(8-13-25-15)19-18(16-6-9-21-10-7-16)14-22-20(23-19)24-11-4-2-3-5-12-24/h6-10,13-14H,2-5,11-12H2,1H3. The summed E-state index contributed by atoms with van der Waals surface area (Å²) in [6, 6.07) is 5.96. The normalized spacial score (nSPS) is 15.2. The lowest BCUT2D eigenvalue weighted by atomic mass is 10.0. The van der Waals surface area contributed by atoms with E-state index in [-0.39, 0.29) is 0 Å². The molecule has 4 rings (SSSR count). The maximum atomic E-state index is 5.53. The Morgan fingerprint density at radius 2 is 1.72 bits per heavy atom. The Hall–Kier alpha value is -2.69. The minimum atomic E-state index is 0.815. The third-order valence-electron chi connectivity index (χ3n) is 4.77. The molecule has 5 heteroatoms. The van der Waals surface area contributed by atoms with Gasteiger partial charge in [-0.1, -0.05) is 12.8 Å². The van der Waals surface area contributed by atoms with Crippen molar-refractivity contribution < 1.29 is 4.42 Å². The average molecular weight is 334 g/mol. The first kappa shape index (κ1) is 15.8. The first-order chi connectivity index (χ1) is 12.3. The van der Waals surface area contributed by atoms with Gasteiger partial charge >= 0.3 is 0 Å². The van der Waals surface area contributed by atoms with E-state index in [4.69, 9.17) is 9.40 Å². The van der Waals surface area contributed by atoms with Gasteiger partial charge in [-0.25, -0.2) is 9.97 Å². The molecule has 0 amide bonds. The van der Waals surface area contributed by atoms with E-state index < -0.39 is 0 Å². The highest BCUT2D eigenvalue weighted by molar-refractivity contribution is 5.81. The monoisotopic (exact) mass is 334 g/mol. The minimum absolute atomic E-state index is 0.815. The van der Waals surface area contributed by atoms with Crippen molar-refractivity contribution in [1.29, 1.82) is 0 Å². The van der Waals surface area contributed by atoms with E-state index >= 15 is 0 Å². The molecule has 3 aromatic heterocycles. The molecule has 0 unspecified atom stereocenters. The SMILES string of the molecule is Cc1occc1-c1nc(N2CCCCCC2)ncc1-c1ccncc1. The van der Waals surface area contributed by atoms with Gasteiger partial charge in [0.05, 0.1) is 12.0 Å². The second-order valence-corrected chi connectivity index (χ2v) is 6.46. The molecule has 25 heavy (non-hydrogen) atoms. The summed E-state index contributed by atoms with van der Waals surface area (Å²) in [6.07, 6.45) is 12.2. The van der Waals surface area contributed by atoms with Gasteiger partial charge in [-0.3, -0.25) is 4.98 Å². The Kier molecular flexibility index (Phi) is 4.46. The van der Waals surface area contributed by atoms with Crippen LogP contribution in [0.4, 0.5) is 5.95 Å². The van der Waals surface area contributed by atoms with Crippen LogP contribution in [0, 0.1) is 6.92 Å². The van der Waals surface area contributed by atoms with Gasteiger partial charge in [0.1, 0.15) is 5.76 Å². The molecular weight excluding hydrogens is 312 g/mol. The summed E-state index contributed by atoms with van der Waals surface area (Å²) in [6.45, 7) is 4.02. The molecule has 4 heterocycles. The zero-order chi connectivity index (χ0) is 17.1. The van der Waals surface area contributed by atoms with Gasteiger partial charge in [-0.15, -0.1) is 0 Å². The Balaban J connectivity index is 1.81. The highest BCUT2D eigenvalue weighted by Crippen LogP contribution is 2.33. The van der Waals surface area contributed by atoms with Crippen LogP contribution in [0.5, 0.6) is 0 Å². The van der Waals surface area contributed by atoms with Crippen LogP contribution < -0.4 is 4.90 Å². The largest absolute Gasteiger partial charge is 0.469 e. The van der Waals surface area contributed by atoms with Crippen molar-refractivity contribution in [1.82, 2.24) is 15.0 Å². The van der Waals surface area contributed by atoms with Gasteiger partial charge in [-0.05, 0) is 43.5 Å². The van der Waals surface area contributed by atoms with Crippen LogP contribution in [0.25, 0.3) is 22.4 Å². The fraction of sp³-hybridized carbons (Fsp3) is 0.350. The molecule has 0 atom stereocenters. The van der Waals surface area contributed by atoms with Gasteiger partial charge in [0.15, 0.2) is 0 Å². The zero-order valence-corrected chi connectivity index (χ0v) is 14.5. The van der Waals surface area contributed by atoms with Crippen LogP contribution in [-0.4, -0.2) is 28.0 Å². The van der Waals surface area contributed by atoms with E-state index in [1.165, 1.54) is 25.7 Å². The molecule has 0 aromatic carbocycles. The number of aromatic nitrogens is 3. The molecule has 1 saturated heterocycles. The number of aryl methyl sites for hydroxylation is 1. The van der Waals surface area contributed by atoms with E-state index in [1.807, 2.05) is 31.3 Å². The molecule has 1 aliphatic heterocycles. The third-order valence-corrected chi connectivity index (χ3v) is 4.77. The smallest absolute Gasteiger partial charge is 0.225 e. The average Bonchev–Trinajstić information content (AvgIpc) is 2.92. The lowest BCUT2D eigenvalue weighted by Gasteiger charge is -2.21. The number of furan rings is 1. The van der Waals surface area contributed by atoms with Crippen molar-refractivity contribution in [2.45, 2.75) is 32.6 Å². The van der Waals surface area contributed by atoms with Crippen molar-refractivity contribution in [3.05, 3.63) is 48.8 Å². The van der Waals surface area contributed by atoms with E-state index in [0.29, 0.717) is 0 Å². The highest BCUT2D eigenvalue weighted by atomic mass is 16.3. The Bertz CT molecular complexity index is 836. The lowest BCUT2D eigenvalue weighted by molar-refractivity contribution is 0.535. The van der Waals surface area contributed by atoms with Crippen molar-refractivity contribution >= 4 is 5.95 Å². The maximum absolute atomic E-state index is 5.53. The maximum Gasteiger partial charge on any atom is 0.225 e. The van der Waals surface area contributed by atoms with Gasteiger partial charge in [0.25, 0.3) is 0 Å². The van der Waals surface area contributed by atoms with Crippen molar-refractivity contribution in [3.63, 3.8) is 0 Å². The summed E-state index contributed by atoms with van der Waals surface area (Å²) in [7, 11) is 0. The minimum Gasteiger partial charge on any atom is -0.469 e. The quantitative estimate of drug-likeness (QED) is 0.706. The highest BCUT2D eigenvalue weighted by Gasteiger charge is 2.18. The molecule has 3 aromatic rings. The fourth-order valence-electron chi connectivity index (χ4n) is 3.37. The number of hydrogen-bond acceptors (Lipinski definition) is 5. The summed E-state index contributed by atoms with van der Waals surface area (Å²) in [5.74, 6) is 1.69. The first-order valence-electron chi connectivity index (χ1n) is 8.90. The topological polar surface area (TPSA) is 55.1 Å². The Morgan fingerprint density at radius 3 is 2.40 bits per heavy atom. The molecular formula is C20H22N4O. The van der Waals surface area contributed by atoms with Gasteiger partial charge < -0.3 is 9.32 Å². The zero-order valence-electron chi connectivity index (χ0n) is 14.5. The van der Waals surface area contributed by atoms with Crippen LogP contribution in [-0.2, 0) is 0 Å². The van der Waals surface area contributed by atoms with E-state index in [0.717, 1.165) is 47.2 Å². The van der Waals surface area contributed by atoms with Crippen LogP contribution in [0.1, 0.15) is 31.4 Å². The van der Waals surface area contributed by atoms with Gasteiger partial charge in [0.2, 0.25) is 5.95 Å². The number of rotatable bonds is 3. The summed E-state index contributed by atoms with van der Waals surface area (Å²) < 4.78 is 5.53. The summed E-state index contributed by atoms with van der Waals surface area (Å²) in [4.78, 5) is 16.1. The van der Waals surface area contributed by atoms with Gasteiger partial charge in [0, 0.05) is 42.8 Å². The first-order valence-corrected chi connectivity index (χ1v) is 8.90. The molecule has 1 fully saturated rings. The van der Waals surface area contributed by atoms with Crippen LogP contribution in [0.2, 0.25) is 0 Å². The third kappa shape index (κ3) is 3.27. The Labute approximate surface area is 147 Å². The summed E-state index contributed by atoms with van der Waals surface area (Å²) in [5, 5.41) is 0. The molecule has 0 aliphatic carbocycles. The fourth-order valence-corrected chi connectivity index (χ4v) is 3.37. The molecule has 0 bridgehead atoms. The predicted octanol–water partition coefficient (Wildman–Crippen LogP) is 4.49.